The van der Waals surface area contributed by atoms with Gasteiger partial charge in [-0.25, -0.2) is 27.8 Å². The zero-order valence-corrected chi connectivity index (χ0v) is 16.4. The predicted molar refractivity (Wildman–Crippen MR) is 104 cm³/mol. The maximum absolute atomic E-state index is 12.3. The minimum atomic E-state index is -3.63. The third-order valence-electron chi connectivity index (χ3n) is 3.74. The van der Waals surface area contributed by atoms with E-state index in [1.165, 1.54) is 12.1 Å². The van der Waals surface area contributed by atoms with Gasteiger partial charge in [0, 0.05) is 36.6 Å². The van der Waals surface area contributed by atoms with Crippen molar-refractivity contribution >= 4 is 27.4 Å². The Kier molecular flexibility index (Phi) is 5.73. The van der Waals surface area contributed by atoms with Crippen molar-refractivity contribution in [2.75, 3.05) is 18.4 Å². The summed E-state index contributed by atoms with van der Waals surface area (Å²) in [5.74, 6) is 1.80. The highest BCUT2D eigenvalue weighted by Crippen LogP contribution is 2.19. The van der Waals surface area contributed by atoms with E-state index in [0.29, 0.717) is 29.0 Å². The van der Waals surface area contributed by atoms with Crippen LogP contribution < -0.4 is 10.0 Å². The maximum atomic E-state index is 12.3. The van der Waals surface area contributed by atoms with E-state index in [9.17, 15) is 8.42 Å². The molecule has 2 heterocycles. The summed E-state index contributed by atoms with van der Waals surface area (Å²) in [5, 5.41) is 7.64. The van der Waals surface area contributed by atoms with Crippen LogP contribution in [0.1, 0.15) is 11.4 Å². The number of sulfonamides is 1. The van der Waals surface area contributed by atoms with Gasteiger partial charge in [-0.3, -0.25) is 0 Å². The molecule has 3 aromatic rings. The SMILES string of the molecule is Cc1nc(NCCNS(=O)(=O)c2ccc(C)c(Cl)c2)cc(-n2cccn2)n1. The Morgan fingerprint density at radius 1 is 1.15 bits per heavy atom. The number of hydrogen-bond donors (Lipinski definition) is 2. The van der Waals surface area contributed by atoms with Crippen molar-refractivity contribution in [3.8, 4) is 5.82 Å². The minimum absolute atomic E-state index is 0.136. The number of benzene rings is 1. The average molecular weight is 407 g/mol. The third-order valence-corrected chi connectivity index (χ3v) is 5.61. The lowest BCUT2D eigenvalue weighted by Crippen LogP contribution is -2.29. The summed E-state index contributed by atoms with van der Waals surface area (Å²) < 4.78 is 28.8. The second-order valence-electron chi connectivity index (χ2n) is 5.84. The Labute approximate surface area is 162 Å². The van der Waals surface area contributed by atoms with E-state index in [2.05, 4.69) is 25.1 Å². The second-order valence-corrected chi connectivity index (χ2v) is 8.02. The van der Waals surface area contributed by atoms with Crippen molar-refractivity contribution in [2.24, 2.45) is 0 Å². The molecule has 2 aromatic heterocycles. The normalized spacial score (nSPS) is 11.5. The fourth-order valence-electron chi connectivity index (χ4n) is 2.36. The lowest BCUT2D eigenvalue weighted by atomic mass is 10.2. The molecule has 0 fully saturated rings. The quantitative estimate of drug-likeness (QED) is 0.584. The second kappa shape index (κ2) is 8.03. The van der Waals surface area contributed by atoms with Crippen LogP contribution in [0.25, 0.3) is 5.82 Å². The molecule has 0 saturated carbocycles. The molecule has 0 aliphatic heterocycles. The van der Waals surface area contributed by atoms with Crippen molar-refractivity contribution in [1.29, 1.82) is 0 Å². The first-order valence-corrected chi connectivity index (χ1v) is 10.1. The fourth-order valence-corrected chi connectivity index (χ4v) is 3.67. The maximum Gasteiger partial charge on any atom is 0.240 e. The molecule has 8 nitrogen and oxygen atoms in total. The van der Waals surface area contributed by atoms with Crippen molar-refractivity contribution in [1.82, 2.24) is 24.5 Å². The van der Waals surface area contributed by atoms with Crippen molar-refractivity contribution in [2.45, 2.75) is 18.7 Å². The Balaban J connectivity index is 1.61. The van der Waals surface area contributed by atoms with Crippen molar-refractivity contribution in [3.63, 3.8) is 0 Å². The van der Waals surface area contributed by atoms with Gasteiger partial charge in [-0.15, -0.1) is 0 Å². The predicted octanol–water partition coefficient (Wildman–Crippen LogP) is 2.32. The molecular formula is C17H19ClN6O2S. The van der Waals surface area contributed by atoms with Gasteiger partial charge in [0.1, 0.15) is 11.6 Å². The average Bonchev–Trinajstić information content (AvgIpc) is 3.15. The Hall–Kier alpha value is -2.49. The molecule has 0 spiro atoms. The third kappa shape index (κ3) is 4.82. The summed E-state index contributed by atoms with van der Waals surface area (Å²) in [6, 6.07) is 8.19. The summed E-state index contributed by atoms with van der Waals surface area (Å²) in [7, 11) is -3.63. The van der Waals surface area contributed by atoms with Crippen LogP contribution in [-0.2, 0) is 10.0 Å². The van der Waals surface area contributed by atoms with E-state index in [0.717, 1.165) is 5.56 Å². The van der Waals surface area contributed by atoms with Crippen LogP contribution in [0.5, 0.6) is 0 Å². The molecule has 0 aliphatic rings. The van der Waals surface area contributed by atoms with Gasteiger partial charge in [0.05, 0.1) is 4.90 Å². The summed E-state index contributed by atoms with van der Waals surface area (Å²) in [6.07, 6.45) is 3.45. The fraction of sp³-hybridized carbons (Fsp3) is 0.235. The number of nitrogens with one attached hydrogen (secondary N) is 2. The van der Waals surface area contributed by atoms with Crippen LogP contribution in [0.15, 0.2) is 47.6 Å². The molecule has 10 heteroatoms. The Bertz CT molecular complexity index is 1040. The van der Waals surface area contributed by atoms with Crippen LogP contribution >= 0.6 is 11.6 Å². The summed E-state index contributed by atoms with van der Waals surface area (Å²) >= 11 is 6.01. The smallest absolute Gasteiger partial charge is 0.240 e. The van der Waals surface area contributed by atoms with Crippen LogP contribution in [0, 0.1) is 13.8 Å². The number of anilines is 1. The van der Waals surface area contributed by atoms with Gasteiger partial charge in [-0.1, -0.05) is 17.7 Å². The number of halogens is 1. The largest absolute Gasteiger partial charge is 0.369 e. The molecule has 0 radical (unpaired) electrons. The standard InChI is InChI=1S/C17H19ClN6O2S/c1-12-4-5-14(10-15(12)18)27(25,26)21-8-7-19-16-11-17(23-13(2)22-16)24-9-3-6-20-24/h3-6,9-11,21H,7-8H2,1-2H3,(H,19,22,23). The number of hydrogen-bond acceptors (Lipinski definition) is 6. The first kappa shape index (κ1) is 19.3. The van der Waals surface area contributed by atoms with Gasteiger partial charge in [0.2, 0.25) is 10.0 Å². The summed E-state index contributed by atoms with van der Waals surface area (Å²) in [4.78, 5) is 8.76. The molecule has 0 amide bonds. The first-order chi connectivity index (χ1) is 12.8. The van der Waals surface area contributed by atoms with Crippen molar-refractivity contribution < 1.29 is 8.42 Å². The van der Waals surface area contributed by atoms with Crippen LogP contribution in [0.2, 0.25) is 5.02 Å². The van der Waals surface area contributed by atoms with Gasteiger partial charge in [0.25, 0.3) is 0 Å². The molecular weight excluding hydrogens is 388 g/mol. The van der Waals surface area contributed by atoms with Gasteiger partial charge in [-0.2, -0.15) is 5.10 Å². The first-order valence-electron chi connectivity index (χ1n) is 8.20. The van der Waals surface area contributed by atoms with E-state index in [1.54, 1.807) is 42.2 Å². The molecule has 0 saturated heterocycles. The van der Waals surface area contributed by atoms with Crippen molar-refractivity contribution in [3.05, 3.63) is 59.1 Å². The van der Waals surface area contributed by atoms with E-state index >= 15 is 0 Å². The van der Waals surface area contributed by atoms with Crippen LogP contribution in [0.3, 0.4) is 0 Å². The lowest BCUT2D eigenvalue weighted by molar-refractivity contribution is 0.583. The van der Waals surface area contributed by atoms with Gasteiger partial charge in [-0.05, 0) is 37.6 Å². The van der Waals surface area contributed by atoms with Crippen LogP contribution in [0.4, 0.5) is 5.82 Å². The Morgan fingerprint density at radius 3 is 2.67 bits per heavy atom. The van der Waals surface area contributed by atoms with Gasteiger partial charge < -0.3 is 5.32 Å². The molecule has 0 atom stereocenters. The number of rotatable bonds is 7. The number of nitrogens with zero attached hydrogens (tertiary/aromatic N) is 4. The summed E-state index contributed by atoms with van der Waals surface area (Å²) in [6.45, 7) is 4.14. The molecule has 0 bridgehead atoms. The van der Waals surface area contributed by atoms with Crippen LogP contribution in [-0.4, -0.2) is 41.3 Å². The number of aromatic nitrogens is 4. The Morgan fingerprint density at radius 2 is 1.96 bits per heavy atom. The highest BCUT2D eigenvalue weighted by molar-refractivity contribution is 7.89. The minimum Gasteiger partial charge on any atom is -0.369 e. The lowest BCUT2D eigenvalue weighted by Gasteiger charge is -2.10. The van der Waals surface area contributed by atoms with Gasteiger partial charge in [0.15, 0.2) is 5.82 Å². The molecule has 3 rings (SSSR count). The zero-order valence-electron chi connectivity index (χ0n) is 14.8. The summed E-state index contributed by atoms with van der Waals surface area (Å²) in [5.41, 5.74) is 0.824. The molecule has 142 valence electrons. The van der Waals surface area contributed by atoms with E-state index in [-0.39, 0.29) is 11.4 Å². The molecule has 2 N–H and O–H groups in total. The molecule has 0 aliphatic carbocycles. The van der Waals surface area contributed by atoms with Gasteiger partial charge >= 0.3 is 0 Å². The number of aryl methyl sites for hydroxylation is 2. The molecule has 27 heavy (non-hydrogen) atoms. The van der Waals surface area contributed by atoms with E-state index in [1.807, 2.05) is 6.92 Å². The molecule has 0 unspecified atom stereocenters. The van der Waals surface area contributed by atoms with E-state index < -0.39 is 10.0 Å². The molecule has 1 aromatic carbocycles. The van der Waals surface area contributed by atoms with E-state index in [4.69, 9.17) is 11.6 Å². The highest BCUT2D eigenvalue weighted by Gasteiger charge is 2.14. The zero-order chi connectivity index (χ0) is 19.4. The highest BCUT2D eigenvalue weighted by atomic mass is 35.5. The topological polar surface area (TPSA) is 102 Å². The monoisotopic (exact) mass is 406 g/mol.